The number of rotatable bonds is 3. The first-order chi connectivity index (χ1) is 6.65. The summed E-state index contributed by atoms with van der Waals surface area (Å²) in [5, 5.41) is 9.80. The lowest BCUT2D eigenvalue weighted by atomic mass is 9.96. The van der Waals surface area contributed by atoms with Crippen LogP contribution < -0.4 is 0 Å². The molecular formula is C10H19NO3. The lowest BCUT2D eigenvalue weighted by Gasteiger charge is -2.35. The van der Waals surface area contributed by atoms with Gasteiger partial charge in [0.05, 0.1) is 19.6 Å². The number of hydrogen-bond acceptors (Lipinski definition) is 4. The van der Waals surface area contributed by atoms with E-state index in [0.717, 1.165) is 19.4 Å². The Balaban J connectivity index is 2.41. The SMILES string of the molecule is COC(=O)C[C@@H](O)C1CCCCN1C. The Labute approximate surface area is 84.8 Å². The molecule has 4 nitrogen and oxygen atoms in total. The molecule has 1 fully saturated rings. The number of likely N-dealkylation sites (N-methyl/N-ethyl adjacent to an activating group) is 1. The van der Waals surface area contributed by atoms with Gasteiger partial charge in [-0.2, -0.15) is 0 Å². The predicted octanol–water partition coefficient (Wildman–Crippen LogP) is 0.395. The summed E-state index contributed by atoms with van der Waals surface area (Å²) in [5.74, 6) is -0.337. The second-order valence-corrected chi connectivity index (χ2v) is 3.89. The summed E-state index contributed by atoms with van der Waals surface area (Å²) >= 11 is 0. The molecular weight excluding hydrogens is 182 g/mol. The minimum absolute atomic E-state index is 0.103. The fraction of sp³-hybridized carbons (Fsp3) is 0.900. The number of carbonyl (C=O) groups excluding carboxylic acids is 1. The van der Waals surface area contributed by atoms with Gasteiger partial charge in [0.1, 0.15) is 0 Å². The maximum absolute atomic E-state index is 11.0. The predicted molar refractivity (Wildman–Crippen MR) is 52.9 cm³/mol. The zero-order chi connectivity index (χ0) is 10.6. The highest BCUT2D eigenvalue weighted by atomic mass is 16.5. The minimum Gasteiger partial charge on any atom is -0.469 e. The third-order valence-corrected chi connectivity index (χ3v) is 2.87. The van der Waals surface area contributed by atoms with Crippen LogP contribution in [0.5, 0.6) is 0 Å². The highest BCUT2D eigenvalue weighted by Gasteiger charge is 2.27. The summed E-state index contributed by atoms with van der Waals surface area (Å²) in [5.41, 5.74) is 0. The molecule has 82 valence electrons. The fourth-order valence-electron chi connectivity index (χ4n) is 1.98. The summed E-state index contributed by atoms with van der Waals surface area (Å²) in [7, 11) is 3.34. The maximum atomic E-state index is 11.0. The van der Waals surface area contributed by atoms with Crippen LogP contribution in [-0.2, 0) is 9.53 Å². The molecule has 0 aromatic carbocycles. The molecule has 1 aliphatic heterocycles. The number of esters is 1. The Bertz CT molecular complexity index is 196. The van der Waals surface area contributed by atoms with Gasteiger partial charge in [-0.25, -0.2) is 0 Å². The molecule has 14 heavy (non-hydrogen) atoms. The van der Waals surface area contributed by atoms with Crippen LogP contribution in [0.1, 0.15) is 25.7 Å². The van der Waals surface area contributed by atoms with Crippen molar-refractivity contribution in [1.29, 1.82) is 0 Å². The lowest BCUT2D eigenvalue weighted by Crippen LogP contribution is -2.45. The number of methoxy groups -OCH3 is 1. The molecule has 2 atom stereocenters. The number of nitrogens with zero attached hydrogens (tertiary/aromatic N) is 1. The third-order valence-electron chi connectivity index (χ3n) is 2.87. The van der Waals surface area contributed by atoms with Gasteiger partial charge in [-0.15, -0.1) is 0 Å². The molecule has 0 aromatic heterocycles. The first-order valence-corrected chi connectivity index (χ1v) is 5.10. The average molecular weight is 201 g/mol. The molecule has 4 heteroatoms. The molecule has 0 aliphatic carbocycles. The third kappa shape index (κ3) is 2.96. The van der Waals surface area contributed by atoms with Crippen LogP contribution in [0.4, 0.5) is 0 Å². The number of aliphatic hydroxyl groups is 1. The van der Waals surface area contributed by atoms with Crippen molar-refractivity contribution in [1.82, 2.24) is 4.90 Å². The van der Waals surface area contributed by atoms with Gasteiger partial charge in [-0.05, 0) is 26.4 Å². The van der Waals surface area contributed by atoms with Crippen LogP contribution >= 0.6 is 0 Å². The molecule has 0 radical (unpaired) electrons. The van der Waals surface area contributed by atoms with Gasteiger partial charge in [-0.3, -0.25) is 4.79 Å². The van der Waals surface area contributed by atoms with Crippen LogP contribution in [0.25, 0.3) is 0 Å². The maximum Gasteiger partial charge on any atom is 0.308 e. The number of carbonyl (C=O) groups is 1. The molecule has 0 amide bonds. The zero-order valence-electron chi connectivity index (χ0n) is 8.90. The Morgan fingerprint density at radius 3 is 2.93 bits per heavy atom. The van der Waals surface area contributed by atoms with Crippen molar-refractivity contribution in [3.63, 3.8) is 0 Å². The van der Waals surface area contributed by atoms with Gasteiger partial charge in [0, 0.05) is 6.04 Å². The number of aliphatic hydroxyl groups excluding tert-OH is 1. The highest BCUT2D eigenvalue weighted by molar-refractivity contribution is 5.69. The van der Waals surface area contributed by atoms with E-state index in [2.05, 4.69) is 9.64 Å². The van der Waals surface area contributed by atoms with Gasteiger partial charge >= 0.3 is 5.97 Å². The van der Waals surface area contributed by atoms with E-state index in [4.69, 9.17) is 0 Å². The topological polar surface area (TPSA) is 49.8 Å². The van der Waals surface area contributed by atoms with Gasteiger partial charge in [0.2, 0.25) is 0 Å². The summed E-state index contributed by atoms with van der Waals surface area (Å²) in [6.45, 7) is 1.00. The zero-order valence-corrected chi connectivity index (χ0v) is 8.90. The van der Waals surface area contributed by atoms with E-state index in [1.54, 1.807) is 0 Å². The molecule has 1 heterocycles. The van der Waals surface area contributed by atoms with Crippen LogP contribution in [0, 0.1) is 0 Å². The number of hydrogen-bond donors (Lipinski definition) is 1. The Kier molecular flexibility index (Phi) is 4.35. The first kappa shape index (κ1) is 11.5. The Morgan fingerprint density at radius 2 is 2.36 bits per heavy atom. The monoisotopic (exact) mass is 201 g/mol. The summed E-state index contributed by atoms with van der Waals surface area (Å²) in [6.07, 6.45) is 2.79. The van der Waals surface area contributed by atoms with E-state index < -0.39 is 6.10 Å². The largest absolute Gasteiger partial charge is 0.469 e. The summed E-state index contributed by atoms with van der Waals surface area (Å²) in [6, 6.07) is 0.114. The smallest absolute Gasteiger partial charge is 0.308 e. The molecule has 0 aromatic rings. The van der Waals surface area contributed by atoms with Crippen LogP contribution in [-0.4, -0.2) is 48.8 Å². The quantitative estimate of drug-likeness (QED) is 0.671. The van der Waals surface area contributed by atoms with Crippen molar-refractivity contribution in [2.75, 3.05) is 20.7 Å². The molecule has 1 unspecified atom stereocenters. The standard InChI is InChI=1S/C10H19NO3/c1-11-6-4-3-5-8(11)9(12)7-10(13)14-2/h8-9,12H,3-7H2,1-2H3/t8?,9-/m1/s1. The van der Waals surface area contributed by atoms with Crippen LogP contribution in [0.3, 0.4) is 0 Å². The van der Waals surface area contributed by atoms with Crippen molar-refractivity contribution >= 4 is 5.97 Å². The van der Waals surface area contributed by atoms with Crippen molar-refractivity contribution in [2.45, 2.75) is 37.8 Å². The molecule has 0 spiro atoms. The van der Waals surface area contributed by atoms with Crippen LogP contribution in [0.15, 0.2) is 0 Å². The molecule has 0 saturated carbocycles. The molecule has 0 bridgehead atoms. The van der Waals surface area contributed by atoms with Crippen molar-refractivity contribution in [3.05, 3.63) is 0 Å². The molecule has 1 N–H and O–H groups in total. The fourth-order valence-corrected chi connectivity index (χ4v) is 1.98. The van der Waals surface area contributed by atoms with E-state index >= 15 is 0 Å². The second-order valence-electron chi connectivity index (χ2n) is 3.89. The number of likely N-dealkylation sites (tertiary alicyclic amines) is 1. The summed E-state index contributed by atoms with van der Waals surface area (Å²) < 4.78 is 4.53. The Morgan fingerprint density at radius 1 is 1.64 bits per heavy atom. The van der Waals surface area contributed by atoms with Crippen LogP contribution in [0.2, 0.25) is 0 Å². The molecule has 1 aliphatic rings. The second kappa shape index (κ2) is 5.32. The molecule has 1 rings (SSSR count). The van der Waals surface area contributed by atoms with Crippen molar-refractivity contribution in [3.8, 4) is 0 Å². The van der Waals surface area contributed by atoms with E-state index in [9.17, 15) is 9.90 Å². The van der Waals surface area contributed by atoms with Gasteiger partial charge < -0.3 is 14.7 Å². The van der Waals surface area contributed by atoms with E-state index in [0.29, 0.717) is 0 Å². The van der Waals surface area contributed by atoms with Gasteiger partial charge in [0.25, 0.3) is 0 Å². The average Bonchev–Trinajstić information content (AvgIpc) is 2.18. The summed E-state index contributed by atoms with van der Waals surface area (Å²) in [4.78, 5) is 13.1. The lowest BCUT2D eigenvalue weighted by molar-refractivity contribution is -0.144. The van der Waals surface area contributed by atoms with Crippen molar-refractivity contribution < 1.29 is 14.6 Å². The van der Waals surface area contributed by atoms with E-state index in [1.165, 1.54) is 13.5 Å². The van der Waals surface area contributed by atoms with Crippen molar-refractivity contribution in [2.24, 2.45) is 0 Å². The van der Waals surface area contributed by atoms with Gasteiger partial charge in [0.15, 0.2) is 0 Å². The van der Waals surface area contributed by atoms with Gasteiger partial charge in [-0.1, -0.05) is 6.42 Å². The number of ether oxygens (including phenoxy) is 1. The molecule has 1 saturated heterocycles. The number of piperidine rings is 1. The minimum atomic E-state index is -0.590. The van der Waals surface area contributed by atoms with E-state index in [1.807, 2.05) is 7.05 Å². The van der Waals surface area contributed by atoms with E-state index in [-0.39, 0.29) is 18.4 Å². The highest BCUT2D eigenvalue weighted by Crippen LogP contribution is 2.19. The normalized spacial score (nSPS) is 25.8. The first-order valence-electron chi connectivity index (χ1n) is 5.10. The Hall–Kier alpha value is -0.610.